The van der Waals surface area contributed by atoms with Crippen molar-refractivity contribution in [3.63, 3.8) is 0 Å². The highest BCUT2D eigenvalue weighted by atomic mass is 79.9. The van der Waals surface area contributed by atoms with Crippen LogP contribution in [0.2, 0.25) is 0 Å². The predicted molar refractivity (Wildman–Crippen MR) is 69.1 cm³/mol. The Kier molecular flexibility index (Phi) is 4.03. The second-order valence-electron chi connectivity index (χ2n) is 3.74. The average Bonchev–Trinajstić information content (AvgIpc) is 2.40. The number of hydrogen-bond acceptors (Lipinski definition) is 3. The van der Waals surface area contributed by atoms with Gasteiger partial charge < -0.3 is 5.32 Å². The van der Waals surface area contributed by atoms with Gasteiger partial charge in [0.15, 0.2) is 0 Å². The minimum absolute atomic E-state index is 0.110. The number of amides is 1. The number of aromatic nitrogens is 2. The summed E-state index contributed by atoms with van der Waals surface area (Å²) in [5, 5.41) is 2.52. The molecule has 2 heterocycles. The number of halogens is 4. The van der Waals surface area contributed by atoms with E-state index in [1.807, 2.05) is 0 Å². The molecule has 104 valence electrons. The van der Waals surface area contributed by atoms with Gasteiger partial charge in [-0.25, -0.2) is 0 Å². The molecule has 0 spiro atoms. The highest BCUT2D eigenvalue weighted by Gasteiger charge is 2.30. The maximum atomic E-state index is 12.4. The number of anilines is 1. The molecule has 0 saturated heterocycles. The summed E-state index contributed by atoms with van der Waals surface area (Å²) in [5.74, 6) is -0.606. The van der Waals surface area contributed by atoms with Crippen LogP contribution in [0.4, 0.5) is 18.9 Å². The Morgan fingerprint density at radius 3 is 2.50 bits per heavy atom. The molecule has 1 N–H and O–H groups in total. The SMILES string of the molecule is O=C(Nc1ccncc1Br)c1ccc(C(F)(F)F)cn1. The van der Waals surface area contributed by atoms with Crippen molar-refractivity contribution in [2.45, 2.75) is 6.18 Å². The summed E-state index contributed by atoms with van der Waals surface area (Å²) >= 11 is 3.19. The molecule has 2 aromatic rings. The van der Waals surface area contributed by atoms with Crippen LogP contribution in [0.5, 0.6) is 0 Å². The van der Waals surface area contributed by atoms with E-state index >= 15 is 0 Å². The maximum Gasteiger partial charge on any atom is 0.417 e. The van der Waals surface area contributed by atoms with Crippen LogP contribution in [0.15, 0.2) is 41.3 Å². The molecule has 20 heavy (non-hydrogen) atoms. The van der Waals surface area contributed by atoms with Gasteiger partial charge in [0.2, 0.25) is 0 Å². The van der Waals surface area contributed by atoms with Gasteiger partial charge in [0, 0.05) is 18.6 Å². The number of nitrogens with zero attached hydrogens (tertiary/aromatic N) is 2. The van der Waals surface area contributed by atoms with Crippen LogP contribution in [0.1, 0.15) is 16.1 Å². The largest absolute Gasteiger partial charge is 0.417 e. The van der Waals surface area contributed by atoms with Gasteiger partial charge in [-0.3, -0.25) is 14.8 Å². The second kappa shape index (κ2) is 5.58. The van der Waals surface area contributed by atoms with E-state index in [1.165, 1.54) is 12.4 Å². The number of hydrogen-bond donors (Lipinski definition) is 1. The molecule has 0 saturated carbocycles. The van der Waals surface area contributed by atoms with Gasteiger partial charge in [-0.15, -0.1) is 0 Å². The van der Waals surface area contributed by atoms with Gasteiger partial charge in [-0.1, -0.05) is 0 Å². The molecule has 0 bridgehead atoms. The third kappa shape index (κ3) is 3.32. The first-order valence-corrected chi connectivity index (χ1v) is 6.11. The average molecular weight is 346 g/mol. The monoisotopic (exact) mass is 345 g/mol. The molecule has 0 aliphatic heterocycles. The smallest absolute Gasteiger partial charge is 0.319 e. The molecular formula is C12H7BrF3N3O. The highest BCUT2D eigenvalue weighted by molar-refractivity contribution is 9.10. The Hall–Kier alpha value is -1.96. The van der Waals surface area contributed by atoms with Crippen molar-refractivity contribution in [3.8, 4) is 0 Å². The normalized spacial score (nSPS) is 11.2. The van der Waals surface area contributed by atoms with Crippen molar-refractivity contribution < 1.29 is 18.0 Å². The maximum absolute atomic E-state index is 12.4. The lowest BCUT2D eigenvalue weighted by molar-refractivity contribution is -0.137. The van der Waals surface area contributed by atoms with Crippen LogP contribution in [-0.4, -0.2) is 15.9 Å². The molecule has 0 radical (unpaired) electrons. The number of pyridine rings is 2. The molecule has 0 aliphatic rings. The molecule has 0 atom stereocenters. The molecule has 0 aromatic carbocycles. The standard InChI is InChI=1S/C12H7BrF3N3O/c13-8-6-17-4-3-9(8)19-11(20)10-2-1-7(5-18-10)12(14,15)16/h1-6H,(H,17,19,20). The summed E-state index contributed by atoms with van der Waals surface area (Å²) in [7, 11) is 0. The molecule has 0 unspecified atom stereocenters. The fourth-order valence-electron chi connectivity index (χ4n) is 1.36. The van der Waals surface area contributed by atoms with E-state index in [1.54, 1.807) is 6.07 Å². The topological polar surface area (TPSA) is 54.9 Å². The predicted octanol–water partition coefficient (Wildman–Crippen LogP) is 3.51. The number of carbonyl (C=O) groups is 1. The first-order chi connectivity index (χ1) is 9.38. The van der Waals surface area contributed by atoms with E-state index in [9.17, 15) is 18.0 Å². The highest BCUT2D eigenvalue weighted by Crippen LogP contribution is 2.28. The molecule has 0 fully saturated rings. The number of alkyl halides is 3. The van der Waals surface area contributed by atoms with Crippen molar-refractivity contribution in [1.29, 1.82) is 0 Å². The Balaban J connectivity index is 2.16. The quantitative estimate of drug-likeness (QED) is 0.906. The summed E-state index contributed by atoms with van der Waals surface area (Å²) in [6.07, 6.45) is -0.900. The molecule has 8 heteroatoms. The fraction of sp³-hybridized carbons (Fsp3) is 0.0833. The Labute approximate surface area is 120 Å². The van der Waals surface area contributed by atoms with Crippen molar-refractivity contribution in [3.05, 3.63) is 52.5 Å². The molecule has 2 aromatic heterocycles. The number of carbonyl (C=O) groups excluding carboxylic acids is 1. The van der Waals surface area contributed by atoms with Gasteiger partial charge in [0.25, 0.3) is 5.91 Å². The van der Waals surface area contributed by atoms with E-state index in [0.717, 1.165) is 12.1 Å². The van der Waals surface area contributed by atoms with Crippen molar-refractivity contribution in [2.24, 2.45) is 0 Å². The van der Waals surface area contributed by atoms with Crippen molar-refractivity contribution in [1.82, 2.24) is 9.97 Å². The van der Waals surface area contributed by atoms with Gasteiger partial charge in [-0.05, 0) is 34.1 Å². The first kappa shape index (κ1) is 14.4. The van der Waals surface area contributed by atoms with Crippen LogP contribution in [0.25, 0.3) is 0 Å². The van der Waals surface area contributed by atoms with Gasteiger partial charge in [0.1, 0.15) is 5.69 Å². The number of nitrogens with one attached hydrogen (secondary N) is 1. The minimum Gasteiger partial charge on any atom is -0.319 e. The van der Waals surface area contributed by atoms with Gasteiger partial charge in [0.05, 0.1) is 15.7 Å². The molecule has 0 aliphatic carbocycles. The molecule has 4 nitrogen and oxygen atoms in total. The molecule has 2 rings (SSSR count). The number of rotatable bonds is 2. The van der Waals surface area contributed by atoms with E-state index < -0.39 is 17.6 Å². The van der Waals surface area contributed by atoms with E-state index in [2.05, 4.69) is 31.2 Å². The lowest BCUT2D eigenvalue weighted by Crippen LogP contribution is -2.15. The lowest BCUT2D eigenvalue weighted by Gasteiger charge is -2.08. The van der Waals surface area contributed by atoms with Crippen LogP contribution < -0.4 is 5.32 Å². The minimum atomic E-state index is -4.48. The summed E-state index contributed by atoms with van der Waals surface area (Å²) in [6, 6.07) is 3.38. The Bertz CT molecular complexity index is 629. The summed E-state index contributed by atoms with van der Waals surface area (Å²) < 4.78 is 37.7. The molecule has 1 amide bonds. The Morgan fingerprint density at radius 2 is 1.95 bits per heavy atom. The van der Waals surface area contributed by atoms with Crippen molar-refractivity contribution >= 4 is 27.5 Å². The van der Waals surface area contributed by atoms with Crippen LogP contribution in [0, 0.1) is 0 Å². The van der Waals surface area contributed by atoms with Crippen molar-refractivity contribution in [2.75, 3.05) is 5.32 Å². The zero-order valence-corrected chi connectivity index (χ0v) is 11.4. The summed E-state index contributed by atoms with van der Waals surface area (Å²) in [4.78, 5) is 19.2. The van der Waals surface area contributed by atoms with Crippen LogP contribution in [-0.2, 0) is 6.18 Å². The van der Waals surface area contributed by atoms with Crippen LogP contribution in [0.3, 0.4) is 0 Å². The van der Waals surface area contributed by atoms with Crippen LogP contribution >= 0.6 is 15.9 Å². The first-order valence-electron chi connectivity index (χ1n) is 5.32. The van der Waals surface area contributed by atoms with E-state index in [0.29, 0.717) is 16.4 Å². The lowest BCUT2D eigenvalue weighted by atomic mass is 10.2. The fourth-order valence-corrected chi connectivity index (χ4v) is 1.71. The third-order valence-corrected chi connectivity index (χ3v) is 2.98. The third-order valence-electron chi connectivity index (χ3n) is 2.34. The zero-order chi connectivity index (χ0) is 14.8. The van der Waals surface area contributed by atoms with Gasteiger partial charge >= 0.3 is 6.18 Å². The zero-order valence-electron chi connectivity index (χ0n) is 9.78. The molecular weight excluding hydrogens is 339 g/mol. The van der Waals surface area contributed by atoms with E-state index in [-0.39, 0.29) is 5.69 Å². The van der Waals surface area contributed by atoms with Gasteiger partial charge in [-0.2, -0.15) is 13.2 Å². The van der Waals surface area contributed by atoms with E-state index in [4.69, 9.17) is 0 Å². The second-order valence-corrected chi connectivity index (χ2v) is 4.59. The Morgan fingerprint density at radius 1 is 1.20 bits per heavy atom. The summed E-state index contributed by atoms with van der Waals surface area (Å²) in [5.41, 5.74) is -0.562. The summed E-state index contributed by atoms with van der Waals surface area (Å²) in [6.45, 7) is 0.